The Bertz CT molecular complexity index is 895. The van der Waals surface area contributed by atoms with Crippen molar-refractivity contribution in [2.75, 3.05) is 19.0 Å². The summed E-state index contributed by atoms with van der Waals surface area (Å²) in [6.07, 6.45) is 2.42. The van der Waals surface area contributed by atoms with Crippen molar-refractivity contribution < 1.29 is 14.3 Å². The molecule has 0 spiro atoms. The highest BCUT2D eigenvalue weighted by Gasteiger charge is 2.26. The Labute approximate surface area is 183 Å². The van der Waals surface area contributed by atoms with E-state index in [-0.39, 0.29) is 11.9 Å². The summed E-state index contributed by atoms with van der Waals surface area (Å²) in [4.78, 5) is 24.3. The largest absolute Gasteiger partial charge is 0.496 e. The molecule has 6 nitrogen and oxygen atoms in total. The number of methoxy groups -OCH3 is 1. The van der Waals surface area contributed by atoms with Crippen molar-refractivity contribution in [3.05, 3.63) is 57.5 Å². The molecule has 0 aliphatic carbocycles. The molecule has 0 fully saturated rings. The van der Waals surface area contributed by atoms with E-state index in [1.165, 1.54) is 11.3 Å². The summed E-state index contributed by atoms with van der Waals surface area (Å²) in [5, 5.41) is 9.94. The molecule has 0 bridgehead atoms. The number of hydrogen-bond acceptors (Lipinski definition) is 6. The van der Waals surface area contributed by atoms with Crippen LogP contribution in [0.4, 0.5) is 5.00 Å². The number of para-hydroxylation sites is 1. The van der Waals surface area contributed by atoms with E-state index in [2.05, 4.69) is 38.5 Å². The molecule has 0 aliphatic heterocycles. The SMILES string of the molecule is C=CNC(CNC(=O)c1c(NC(C)(C)C=O)sc(Br)c1C)c1ccccc1OC. The first-order valence-electron chi connectivity index (χ1n) is 9.05. The van der Waals surface area contributed by atoms with Crippen LogP contribution in [0.5, 0.6) is 5.75 Å². The van der Waals surface area contributed by atoms with Crippen molar-refractivity contribution in [3.8, 4) is 5.75 Å². The van der Waals surface area contributed by atoms with Gasteiger partial charge in [0.25, 0.3) is 5.91 Å². The van der Waals surface area contributed by atoms with Crippen molar-refractivity contribution in [1.82, 2.24) is 10.6 Å². The first kappa shape index (κ1) is 23.0. The zero-order valence-corrected chi connectivity index (χ0v) is 19.4. The number of amides is 1. The molecule has 1 amide bonds. The average Bonchev–Trinajstić information content (AvgIpc) is 2.97. The van der Waals surface area contributed by atoms with Crippen LogP contribution in [-0.4, -0.2) is 31.4 Å². The summed E-state index contributed by atoms with van der Waals surface area (Å²) in [5.41, 5.74) is 1.48. The second-order valence-electron chi connectivity index (χ2n) is 7.04. The molecule has 0 saturated heterocycles. The maximum absolute atomic E-state index is 13.0. The minimum atomic E-state index is -0.782. The highest BCUT2D eigenvalue weighted by molar-refractivity contribution is 9.11. The lowest BCUT2D eigenvalue weighted by Gasteiger charge is -2.22. The number of aldehydes is 1. The Hall–Kier alpha value is -2.32. The lowest BCUT2D eigenvalue weighted by Crippen LogP contribution is -2.35. The molecular formula is C21H26BrN3O3S. The van der Waals surface area contributed by atoms with Gasteiger partial charge in [-0.1, -0.05) is 24.8 Å². The van der Waals surface area contributed by atoms with Crippen molar-refractivity contribution in [2.45, 2.75) is 32.4 Å². The van der Waals surface area contributed by atoms with Crippen LogP contribution in [0.2, 0.25) is 0 Å². The van der Waals surface area contributed by atoms with Crippen LogP contribution in [0.3, 0.4) is 0 Å². The van der Waals surface area contributed by atoms with E-state index in [0.717, 1.165) is 26.9 Å². The number of anilines is 1. The van der Waals surface area contributed by atoms with Crippen LogP contribution >= 0.6 is 27.3 Å². The minimum absolute atomic E-state index is 0.210. The first-order valence-corrected chi connectivity index (χ1v) is 10.7. The van der Waals surface area contributed by atoms with E-state index in [9.17, 15) is 9.59 Å². The van der Waals surface area contributed by atoms with Gasteiger partial charge in [-0.15, -0.1) is 11.3 Å². The van der Waals surface area contributed by atoms with Crippen LogP contribution in [0, 0.1) is 6.92 Å². The van der Waals surface area contributed by atoms with Crippen molar-refractivity contribution in [2.24, 2.45) is 0 Å². The van der Waals surface area contributed by atoms with Gasteiger partial charge in [-0.2, -0.15) is 0 Å². The summed E-state index contributed by atoms with van der Waals surface area (Å²) < 4.78 is 6.28. The molecule has 1 aromatic heterocycles. The molecule has 2 rings (SSSR count). The molecule has 0 radical (unpaired) electrons. The second-order valence-corrected chi connectivity index (χ2v) is 9.38. The van der Waals surface area contributed by atoms with Gasteiger partial charge in [0.15, 0.2) is 0 Å². The number of rotatable bonds is 10. The predicted molar refractivity (Wildman–Crippen MR) is 122 cm³/mol. The normalized spacial score (nSPS) is 12.0. The van der Waals surface area contributed by atoms with E-state index < -0.39 is 5.54 Å². The smallest absolute Gasteiger partial charge is 0.254 e. The number of carbonyl (C=O) groups excluding carboxylic acids is 2. The molecular weight excluding hydrogens is 454 g/mol. The second kappa shape index (κ2) is 9.93. The molecule has 1 heterocycles. The molecule has 2 aromatic rings. The average molecular weight is 480 g/mol. The van der Waals surface area contributed by atoms with Crippen LogP contribution < -0.4 is 20.7 Å². The number of halogens is 1. The molecule has 1 atom stereocenters. The number of benzene rings is 1. The van der Waals surface area contributed by atoms with Gasteiger partial charge in [-0.25, -0.2) is 0 Å². The Morgan fingerprint density at radius 1 is 1.38 bits per heavy atom. The summed E-state index contributed by atoms with van der Waals surface area (Å²) in [6.45, 7) is 9.45. The third-order valence-electron chi connectivity index (χ3n) is 4.35. The molecule has 29 heavy (non-hydrogen) atoms. The van der Waals surface area contributed by atoms with Crippen molar-refractivity contribution in [1.29, 1.82) is 0 Å². The third-order valence-corrected chi connectivity index (χ3v) is 6.42. The Morgan fingerprint density at radius 3 is 2.69 bits per heavy atom. The van der Waals surface area contributed by atoms with E-state index in [4.69, 9.17) is 4.74 Å². The predicted octanol–water partition coefficient (Wildman–Crippen LogP) is 4.42. The fraction of sp³-hybridized carbons (Fsp3) is 0.333. The van der Waals surface area contributed by atoms with Gasteiger partial charge in [0.2, 0.25) is 0 Å². The topological polar surface area (TPSA) is 79.5 Å². The van der Waals surface area contributed by atoms with Gasteiger partial charge < -0.3 is 25.5 Å². The highest BCUT2D eigenvalue weighted by Crippen LogP contribution is 2.38. The summed E-state index contributed by atoms with van der Waals surface area (Å²) in [5.74, 6) is 0.505. The molecule has 0 saturated carbocycles. The summed E-state index contributed by atoms with van der Waals surface area (Å²) in [7, 11) is 1.61. The number of thiophene rings is 1. The van der Waals surface area contributed by atoms with E-state index in [1.54, 1.807) is 27.2 Å². The number of carbonyl (C=O) groups is 2. The lowest BCUT2D eigenvalue weighted by atomic mass is 10.0. The van der Waals surface area contributed by atoms with Gasteiger partial charge in [0.05, 0.1) is 28.0 Å². The molecule has 8 heteroatoms. The van der Waals surface area contributed by atoms with E-state index >= 15 is 0 Å². The van der Waals surface area contributed by atoms with Gasteiger partial charge in [0, 0.05) is 12.1 Å². The lowest BCUT2D eigenvalue weighted by molar-refractivity contribution is -0.110. The zero-order chi connectivity index (χ0) is 21.6. The Morgan fingerprint density at radius 2 is 2.07 bits per heavy atom. The number of hydrogen-bond donors (Lipinski definition) is 3. The fourth-order valence-corrected chi connectivity index (χ4v) is 4.59. The third kappa shape index (κ3) is 5.61. The van der Waals surface area contributed by atoms with E-state index in [0.29, 0.717) is 17.1 Å². The molecule has 0 aliphatic rings. The van der Waals surface area contributed by atoms with Gasteiger partial charge in [-0.3, -0.25) is 4.79 Å². The number of ether oxygens (including phenoxy) is 1. The van der Waals surface area contributed by atoms with Crippen molar-refractivity contribution >= 4 is 44.5 Å². The minimum Gasteiger partial charge on any atom is -0.496 e. The van der Waals surface area contributed by atoms with Crippen molar-refractivity contribution in [3.63, 3.8) is 0 Å². The molecule has 156 valence electrons. The highest BCUT2D eigenvalue weighted by atomic mass is 79.9. The summed E-state index contributed by atoms with van der Waals surface area (Å²) in [6, 6.07) is 7.42. The van der Waals surface area contributed by atoms with Crippen LogP contribution in [0.15, 0.2) is 40.8 Å². The van der Waals surface area contributed by atoms with Crippen LogP contribution in [0.1, 0.15) is 41.4 Å². The quantitative estimate of drug-likeness (QED) is 0.439. The maximum Gasteiger partial charge on any atom is 0.254 e. The molecule has 1 unspecified atom stereocenters. The monoisotopic (exact) mass is 479 g/mol. The van der Waals surface area contributed by atoms with Crippen LogP contribution in [0.25, 0.3) is 0 Å². The molecule has 3 N–H and O–H groups in total. The van der Waals surface area contributed by atoms with E-state index in [1.807, 2.05) is 31.2 Å². The van der Waals surface area contributed by atoms with Gasteiger partial charge in [0.1, 0.15) is 17.0 Å². The number of nitrogens with one attached hydrogen (secondary N) is 3. The maximum atomic E-state index is 13.0. The van der Waals surface area contributed by atoms with Gasteiger partial charge in [-0.05, 0) is 54.5 Å². The Balaban J connectivity index is 2.25. The first-order chi connectivity index (χ1) is 13.7. The van der Waals surface area contributed by atoms with Crippen LogP contribution in [-0.2, 0) is 4.79 Å². The summed E-state index contributed by atoms with van der Waals surface area (Å²) >= 11 is 4.89. The molecule has 1 aromatic carbocycles. The standard InChI is InChI=1S/C21H26BrN3O3S/c1-6-23-15(14-9-7-8-10-16(14)28-5)11-24-19(27)17-13(2)18(22)29-20(17)25-21(3,4)12-26/h6-10,12,15,23,25H,1,11H2,2-5H3,(H,24,27). The zero-order valence-electron chi connectivity index (χ0n) is 17.0. The fourth-order valence-electron chi connectivity index (χ4n) is 2.81. The van der Waals surface area contributed by atoms with Gasteiger partial charge >= 0.3 is 0 Å². The Kier molecular flexibility index (Phi) is 7.87.